The van der Waals surface area contributed by atoms with Crippen LogP contribution in [-0.2, 0) is 11.2 Å². The Morgan fingerprint density at radius 3 is 2.92 bits per heavy atom. The molecular formula is C17H26N4O2S. The lowest BCUT2D eigenvalue weighted by Crippen LogP contribution is -2.62. The zero-order chi connectivity index (χ0) is 17.3. The van der Waals surface area contributed by atoms with Crippen LogP contribution < -0.4 is 5.32 Å². The summed E-state index contributed by atoms with van der Waals surface area (Å²) in [7, 11) is 2.12. The normalized spacial score (nSPS) is 25.6. The minimum atomic E-state index is -0.0980. The van der Waals surface area contributed by atoms with E-state index in [4.69, 9.17) is 0 Å². The predicted molar refractivity (Wildman–Crippen MR) is 94.4 cm³/mol. The van der Waals surface area contributed by atoms with Crippen LogP contribution in [0.1, 0.15) is 46.6 Å². The van der Waals surface area contributed by atoms with Gasteiger partial charge >= 0.3 is 0 Å². The lowest BCUT2D eigenvalue weighted by atomic mass is 9.86. The molecule has 2 fully saturated rings. The van der Waals surface area contributed by atoms with Crippen molar-refractivity contribution in [3.63, 3.8) is 0 Å². The molecule has 0 aromatic carbocycles. The summed E-state index contributed by atoms with van der Waals surface area (Å²) in [6.07, 6.45) is 3.01. The maximum absolute atomic E-state index is 13.1. The number of hydrogen-bond acceptors (Lipinski definition) is 5. The molecule has 1 aromatic heterocycles. The maximum Gasteiger partial charge on any atom is 0.265 e. The molecule has 2 aliphatic rings. The van der Waals surface area contributed by atoms with Crippen molar-refractivity contribution < 1.29 is 9.59 Å². The van der Waals surface area contributed by atoms with Gasteiger partial charge in [-0.25, -0.2) is 4.98 Å². The molecule has 1 atom stereocenters. The van der Waals surface area contributed by atoms with E-state index in [1.54, 1.807) is 0 Å². The molecule has 24 heavy (non-hydrogen) atoms. The molecule has 2 amide bonds. The third-order valence-corrected chi connectivity index (χ3v) is 6.35. The highest BCUT2D eigenvalue weighted by molar-refractivity contribution is 7.13. The summed E-state index contributed by atoms with van der Waals surface area (Å²) in [6, 6.07) is 0. The standard InChI is InChI=1S/C17H26N4O2S/c1-4-13-15(24-12(2)19-13)16(23)21-10-9-20(3)17(11-21)6-5-14(22)18-8-7-17/h4-11H2,1-3H3,(H,18,22)/t17-/m1/s1. The van der Waals surface area contributed by atoms with Gasteiger partial charge in [-0.05, 0) is 33.2 Å². The van der Waals surface area contributed by atoms with Crippen LogP contribution in [-0.4, -0.2) is 65.4 Å². The number of nitrogens with zero attached hydrogens (tertiary/aromatic N) is 3. The number of nitrogens with one attached hydrogen (secondary N) is 1. The van der Waals surface area contributed by atoms with Gasteiger partial charge in [-0.2, -0.15) is 0 Å². The number of likely N-dealkylation sites (N-methyl/N-ethyl adjacent to an activating group) is 1. The molecule has 0 bridgehead atoms. The lowest BCUT2D eigenvalue weighted by molar-refractivity contribution is -0.121. The number of carbonyl (C=O) groups excluding carboxylic acids is 2. The first-order valence-electron chi connectivity index (χ1n) is 8.69. The number of rotatable bonds is 2. The molecule has 1 spiro atoms. The highest BCUT2D eigenvalue weighted by Crippen LogP contribution is 2.32. The molecule has 6 nitrogen and oxygen atoms in total. The van der Waals surface area contributed by atoms with E-state index in [0.29, 0.717) is 19.5 Å². The van der Waals surface area contributed by atoms with Crippen LogP contribution >= 0.6 is 11.3 Å². The first kappa shape index (κ1) is 17.4. The van der Waals surface area contributed by atoms with Crippen LogP contribution in [0.4, 0.5) is 0 Å². The third kappa shape index (κ3) is 3.19. The van der Waals surface area contributed by atoms with Gasteiger partial charge in [0, 0.05) is 38.1 Å². The zero-order valence-electron chi connectivity index (χ0n) is 14.7. The smallest absolute Gasteiger partial charge is 0.265 e. The highest BCUT2D eigenvalue weighted by Gasteiger charge is 2.42. The summed E-state index contributed by atoms with van der Waals surface area (Å²) in [5, 5.41) is 3.90. The number of carbonyl (C=O) groups is 2. The summed E-state index contributed by atoms with van der Waals surface area (Å²) in [5.41, 5.74) is 0.812. The molecule has 1 aromatic rings. The van der Waals surface area contributed by atoms with E-state index in [0.717, 1.165) is 47.9 Å². The molecule has 7 heteroatoms. The largest absolute Gasteiger partial charge is 0.356 e. The second-order valence-corrected chi connectivity index (χ2v) is 8.04. The Morgan fingerprint density at radius 2 is 2.17 bits per heavy atom. The van der Waals surface area contributed by atoms with Crippen molar-refractivity contribution in [2.24, 2.45) is 0 Å². The number of aromatic nitrogens is 1. The van der Waals surface area contributed by atoms with Crippen molar-refractivity contribution in [1.82, 2.24) is 20.1 Å². The molecular weight excluding hydrogens is 324 g/mol. The van der Waals surface area contributed by atoms with Gasteiger partial charge < -0.3 is 10.2 Å². The van der Waals surface area contributed by atoms with Gasteiger partial charge in [-0.15, -0.1) is 11.3 Å². The van der Waals surface area contributed by atoms with Crippen LogP contribution in [0.15, 0.2) is 0 Å². The van der Waals surface area contributed by atoms with Crippen molar-refractivity contribution in [3.8, 4) is 0 Å². The summed E-state index contributed by atoms with van der Waals surface area (Å²) >= 11 is 1.50. The van der Waals surface area contributed by atoms with Crippen LogP contribution in [0.5, 0.6) is 0 Å². The summed E-state index contributed by atoms with van der Waals surface area (Å²) in [4.78, 5) is 34.4. The second kappa shape index (κ2) is 6.80. The Labute approximate surface area is 147 Å². The molecule has 0 saturated carbocycles. The van der Waals surface area contributed by atoms with Crippen molar-refractivity contribution >= 4 is 23.2 Å². The van der Waals surface area contributed by atoms with E-state index in [9.17, 15) is 9.59 Å². The average Bonchev–Trinajstić information content (AvgIpc) is 2.85. The third-order valence-electron chi connectivity index (χ3n) is 5.35. The SMILES string of the molecule is CCc1nc(C)sc1C(=O)N1CCN(C)[C@]2(CCNC(=O)CC2)C1. The van der Waals surface area contributed by atoms with Crippen LogP contribution in [0.25, 0.3) is 0 Å². The van der Waals surface area contributed by atoms with E-state index in [1.165, 1.54) is 11.3 Å². The van der Waals surface area contributed by atoms with Crippen molar-refractivity contribution in [2.75, 3.05) is 33.2 Å². The first-order chi connectivity index (χ1) is 11.4. The average molecular weight is 350 g/mol. The van der Waals surface area contributed by atoms with Gasteiger partial charge in [-0.1, -0.05) is 6.92 Å². The topological polar surface area (TPSA) is 65.5 Å². The Morgan fingerprint density at radius 1 is 1.38 bits per heavy atom. The molecule has 3 heterocycles. The first-order valence-corrected chi connectivity index (χ1v) is 9.50. The Kier molecular flexibility index (Phi) is 4.92. The Bertz CT molecular complexity index is 645. The van der Waals surface area contributed by atoms with Gasteiger partial charge in [0.15, 0.2) is 0 Å². The fourth-order valence-electron chi connectivity index (χ4n) is 3.79. The Hall–Kier alpha value is -1.47. The van der Waals surface area contributed by atoms with Crippen LogP contribution in [0.3, 0.4) is 0 Å². The molecule has 0 radical (unpaired) electrons. The predicted octanol–water partition coefficient (Wildman–Crippen LogP) is 1.44. The van der Waals surface area contributed by atoms with E-state index in [1.807, 2.05) is 18.7 Å². The Balaban J connectivity index is 1.82. The fraction of sp³-hybridized carbons (Fsp3) is 0.706. The maximum atomic E-state index is 13.1. The second-order valence-electron chi connectivity index (χ2n) is 6.83. The molecule has 2 aliphatic heterocycles. The van der Waals surface area contributed by atoms with Gasteiger partial charge in [0.25, 0.3) is 5.91 Å². The van der Waals surface area contributed by atoms with Gasteiger partial charge in [-0.3, -0.25) is 14.5 Å². The van der Waals surface area contributed by atoms with Gasteiger partial charge in [0.2, 0.25) is 5.91 Å². The molecule has 132 valence electrons. The molecule has 0 unspecified atom stereocenters. The molecule has 2 saturated heterocycles. The number of hydrogen-bond donors (Lipinski definition) is 1. The summed E-state index contributed by atoms with van der Waals surface area (Å²) in [6.45, 7) is 6.95. The highest BCUT2D eigenvalue weighted by atomic mass is 32.1. The van der Waals surface area contributed by atoms with Crippen molar-refractivity contribution in [3.05, 3.63) is 15.6 Å². The van der Waals surface area contributed by atoms with E-state index in [2.05, 4.69) is 22.2 Å². The molecule has 1 N–H and O–H groups in total. The summed E-state index contributed by atoms with van der Waals surface area (Å²) in [5.74, 6) is 0.225. The number of piperazine rings is 1. The summed E-state index contributed by atoms with van der Waals surface area (Å²) < 4.78 is 0. The van der Waals surface area contributed by atoms with Crippen LogP contribution in [0.2, 0.25) is 0 Å². The monoisotopic (exact) mass is 350 g/mol. The van der Waals surface area contributed by atoms with Crippen molar-refractivity contribution in [2.45, 2.75) is 45.1 Å². The lowest BCUT2D eigenvalue weighted by Gasteiger charge is -2.49. The quantitative estimate of drug-likeness (QED) is 0.877. The molecule has 0 aliphatic carbocycles. The number of thiazole rings is 1. The van der Waals surface area contributed by atoms with Crippen molar-refractivity contribution in [1.29, 1.82) is 0 Å². The fourth-order valence-corrected chi connectivity index (χ4v) is 4.77. The van der Waals surface area contributed by atoms with E-state index < -0.39 is 0 Å². The zero-order valence-corrected chi connectivity index (χ0v) is 15.5. The van der Waals surface area contributed by atoms with E-state index >= 15 is 0 Å². The van der Waals surface area contributed by atoms with Crippen LogP contribution in [0, 0.1) is 6.92 Å². The van der Waals surface area contributed by atoms with E-state index in [-0.39, 0.29) is 17.4 Å². The number of amides is 2. The van der Waals surface area contributed by atoms with Gasteiger partial charge in [0.05, 0.1) is 10.7 Å². The minimum absolute atomic E-state index is 0.0980. The minimum Gasteiger partial charge on any atom is -0.356 e. The van der Waals surface area contributed by atoms with Gasteiger partial charge in [0.1, 0.15) is 4.88 Å². The number of aryl methyl sites for hydroxylation is 2. The molecule has 3 rings (SSSR count).